The minimum absolute atomic E-state index is 0.0198. The zero-order valence-corrected chi connectivity index (χ0v) is 58.7. The van der Waals surface area contributed by atoms with Crippen molar-refractivity contribution >= 4 is 57.9 Å². The highest BCUT2D eigenvalue weighted by atomic mass is 32.2. The van der Waals surface area contributed by atoms with Gasteiger partial charge in [-0.25, -0.2) is 63.1 Å². The van der Waals surface area contributed by atoms with Crippen LogP contribution in [0, 0.1) is 27.7 Å². The molecular formula is C71H68F6N14O10S3. The smallest absolute Gasteiger partial charge is 0.392 e. The number of fused-ring (bicyclic) bond motifs is 2. The summed E-state index contributed by atoms with van der Waals surface area (Å²) in [4.78, 5) is 28.6. The zero-order chi connectivity index (χ0) is 74.2. The first-order valence-corrected chi connectivity index (χ1v) is 37.1. The number of sulfone groups is 1. The molecule has 0 unspecified atom stereocenters. The van der Waals surface area contributed by atoms with Crippen molar-refractivity contribution in [3.8, 4) is 45.0 Å². The fourth-order valence-corrected chi connectivity index (χ4v) is 15.9. The van der Waals surface area contributed by atoms with Crippen LogP contribution in [0.5, 0.6) is 0 Å². The molecule has 33 heteroatoms. The number of aromatic nitrogens is 10. The number of halogens is 6. The number of aryl methyl sites for hydroxylation is 4. The number of β-amino-alcohol motifs (C(OH)–C–C–N with tert-alkyl or cyclic N) is 2. The summed E-state index contributed by atoms with van der Waals surface area (Å²) < 4.78 is 177. The van der Waals surface area contributed by atoms with E-state index in [2.05, 4.69) is 67.5 Å². The predicted octanol–water partition coefficient (Wildman–Crippen LogP) is 11.1. The number of anilines is 1. The molecule has 0 spiro atoms. The number of nitrogens with one attached hydrogen (secondary N) is 1. The molecule has 0 radical (unpaired) electrons. The second kappa shape index (κ2) is 29.5. The lowest BCUT2D eigenvalue weighted by molar-refractivity contribution is -0.138. The summed E-state index contributed by atoms with van der Waals surface area (Å²) in [6.07, 6.45) is -5.90. The van der Waals surface area contributed by atoms with Gasteiger partial charge in [-0.05, 0) is 100 Å². The fourth-order valence-electron chi connectivity index (χ4n) is 12.7. The molecule has 4 atom stereocenters. The molecule has 12 aromatic rings. The van der Waals surface area contributed by atoms with Crippen LogP contribution in [-0.2, 0) is 55.3 Å². The molecule has 0 amide bonds. The number of alkyl halides is 6. The molecule has 10 heterocycles. The molecule has 24 nitrogen and oxygen atoms in total. The number of rotatable bonds is 15. The quantitative estimate of drug-likeness (QED) is 0.0547. The van der Waals surface area contributed by atoms with Crippen molar-refractivity contribution in [2.45, 2.75) is 105 Å². The molecule has 2 aliphatic rings. The SMILES string of the molecule is Cc1noc(C)c1-c1ccc2c(-c3nc(N[C@H]4C[C@@H](O)CN(Cc5ccccc5)C4)ncc3C(F)(F)F)cn(S(=O)(=O)c3ccccc3)c2n1.Cc1noc(C)c1-c1ccc2c(-c3nc(S(C)(=O)=O)ncc3C(F)(F)F)cn(S(=O)(=O)c3ccccc3)c2n1.N[C@H]1C[C@@H](O)CN(Cc2ccccc2)C1. The molecule has 0 saturated carbocycles. The number of piperidine rings is 2. The van der Waals surface area contributed by atoms with Crippen LogP contribution in [0.4, 0.5) is 32.3 Å². The Balaban J connectivity index is 0.000000166. The van der Waals surface area contributed by atoms with Gasteiger partial charge in [0.25, 0.3) is 20.0 Å². The minimum atomic E-state index is -4.98. The van der Waals surface area contributed by atoms with Crippen LogP contribution in [0.1, 0.15) is 58.0 Å². The number of pyridine rings is 2. The number of hydrogen-bond donors (Lipinski definition) is 4. The summed E-state index contributed by atoms with van der Waals surface area (Å²) in [5, 5.41) is 30.5. The van der Waals surface area contributed by atoms with E-state index in [0.29, 0.717) is 78.2 Å². The first-order chi connectivity index (χ1) is 49.3. The standard InChI is InChI=1S/C35H32F3N7O4S.C24H18F3N5O5S2.C12H18N2O/c1-21-31(22(2)49-43-21)30-14-13-27-28(20-45(33(27)41-30)50(47,48)26-11-7-4-8-12-26)32-29(35(36,37)38)16-39-34(42-32)40-24-15-25(46)19-44(18-24)17-23-9-5-3-6-10-23;1-13-20(14(2)37-31-13)19-10-9-16-17(21-18(24(25,26)27)11-28-23(30-21)38(3,33)34)12-32(22(16)29-19)39(35,36)15-7-5-4-6-8-15;13-11-6-12(15)9-14(8-11)7-10-4-2-1-3-5-10/h3-14,16,20,24-25,46H,15,17-19H2,1-2H3,(H,39,40,42);4-12H,1-3H3;1-5,11-12,15H,6-9,13H2/t24-,25+;;11-,12+/m0.0/s1. The van der Waals surface area contributed by atoms with E-state index in [-0.39, 0.29) is 72.8 Å². The molecule has 0 aliphatic carbocycles. The number of benzene rings is 4. The monoisotopic (exact) mass is 1490 g/mol. The number of aliphatic hydroxyl groups is 2. The van der Waals surface area contributed by atoms with Gasteiger partial charge < -0.3 is 30.3 Å². The summed E-state index contributed by atoms with van der Waals surface area (Å²) in [6, 6.07) is 40.5. The Hall–Kier alpha value is -10.1. The van der Waals surface area contributed by atoms with E-state index in [4.69, 9.17) is 14.8 Å². The zero-order valence-electron chi connectivity index (χ0n) is 56.2. The number of hydrogen-bond acceptors (Lipinski definition) is 22. The molecule has 4 aromatic carbocycles. The highest BCUT2D eigenvalue weighted by molar-refractivity contribution is 7.90. The second-order valence-electron chi connectivity index (χ2n) is 25.2. The lowest BCUT2D eigenvalue weighted by Crippen LogP contribution is -2.48. The van der Waals surface area contributed by atoms with E-state index in [1.54, 1.807) is 58.0 Å². The Morgan fingerprint density at radius 1 is 0.529 bits per heavy atom. The topological polar surface area (TPSA) is 327 Å². The summed E-state index contributed by atoms with van der Waals surface area (Å²) in [5.74, 6) is 0.745. The van der Waals surface area contributed by atoms with Gasteiger partial charge in [0, 0.05) is 104 Å². The van der Waals surface area contributed by atoms with E-state index >= 15 is 0 Å². The van der Waals surface area contributed by atoms with E-state index in [9.17, 15) is 61.8 Å². The van der Waals surface area contributed by atoms with Crippen molar-refractivity contribution < 1.29 is 70.9 Å². The van der Waals surface area contributed by atoms with Crippen molar-refractivity contribution in [1.29, 1.82) is 0 Å². The van der Waals surface area contributed by atoms with Crippen LogP contribution in [0.15, 0.2) is 194 Å². The number of nitrogens with two attached hydrogens (primary N) is 1. The average molecular weight is 1490 g/mol. The van der Waals surface area contributed by atoms with Crippen molar-refractivity contribution in [2.75, 3.05) is 37.8 Å². The van der Waals surface area contributed by atoms with Gasteiger partial charge in [0.15, 0.2) is 11.3 Å². The Kier molecular flexibility index (Phi) is 20.9. The first-order valence-electron chi connectivity index (χ1n) is 32.3. The second-order valence-corrected chi connectivity index (χ2v) is 30.8. The van der Waals surface area contributed by atoms with E-state index < -0.39 is 76.0 Å². The van der Waals surface area contributed by atoms with Crippen molar-refractivity contribution in [1.82, 2.24) is 58.0 Å². The fraction of sp³-hybridized carbons (Fsp3) is 0.268. The van der Waals surface area contributed by atoms with Gasteiger partial charge in [0.2, 0.25) is 20.9 Å². The normalized spacial score (nSPS) is 17.1. The van der Waals surface area contributed by atoms with Crippen LogP contribution < -0.4 is 11.1 Å². The molecule has 2 fully saturated rings. The Morgan fingerprint density at radius 2 is 0.942 bits per heavy atom. The Morgan fingerprint density at radius 3 is 1.36 bits per heavy atom. The molecule has 104 heavy (non-hydrogen) atoms. The average Bonchev–Trinajstić information content (AvgIpc) is 1.58. The number of likely N-dealkylation sites (tertiary alicyclic amines) is 2. The minimum Gasteiger partial charge on any atom is -0.392 e. The highest BCUT2D eigenvalue weighted by Gasteiger charge is 2.40. The van der Waals surface area contributed by atoms with Crippen molar-refractivity contribution in [3.63, 3.8) is 0 Å². The maximum Gasteiger partial charge on any atom is 0.419 e. The molecule has 8 aromatic heterocycles. The van der Waals surface area contributed by atoms with Crippen LogP contribution in [-0.4, -0.2) is 150 Å². The molecule has 542 valence electrons. The summed E-state index contributed by atoms with van der Waals surface area (Å²) in [5.41, 5.74) is 6.26. The lowest BCUT2D eigenvalue weighted by atomic mass is 10.0. The molecule has 2 aliphatic heterocycles. The Labute approximate surface area is 592 Å². The number of aliphatic hydroxyl groups excluding tert-OH is 2. The van der Waals surface area contributed by atoms with Crippen LogP contribution in [0.3, 0.4) is 0 Å². The van der Waals surface area contributed by atoms with Crippen molar-refractivity contribution in [2.24, 2.45) is 5.73 Å². The van der Waals surface area contributed by atoms with Gasteiger partial charge in [-0.15, -0.1) is 0 Å². The van der Waals surface area contributed by atoms with Gasteiger partial charge in [-0.3, -0.25) is 9.80 Å². The van der Waals surface area contributed by atoms with Gasteiger partial charge >= 0.3 is 12.4 Å². The van der Waals surface area contributed by atoms with E-state index in [1.165, 1.54) is 60.2 Å². The maximum atomic E-state index is 14.6. The molecule has 0 bridgehead atoms. The van der Waals surface area contributed by atoms with Crippen LogP contribution in [0.25, 0.3) is 67.1 Å². The summed E-state index contributed by atoms with van der Waals surface area (Å²) in [7, 11) is -12.8. The number of nitrogens with zero attached hydrogens (tertiary/aromatic N) is 12. The van der Waals surface area contributed by atoms with Gasteiger partial charge in [0.1, 0.15) is 22.6 Å². The third-order valence-corrected chi connectivity index (χ3v) is 21.5. The lowest BCUT2D eigenvalue weighted by Gasteiger charge is -2.36. The molecular weight excluding hydrogens is 1420 g/mol. The van der Waals surface area contributed by atoms with Gasteiger partial charge in [-0.1, -0.05) is 107 Å². The third-order valence-electron chi connectivity index (χ3n) is 17.3. The highest BCUT2D eigenvalue weighted by Crippen LogP contribution is 2.43. The van der Waals surface area contributed by atoms with Crippen LogP contribution >= 0.6 is 0 Å². The predicted molar refractivity (Wildman–Crippen MR) is 373 cm³/mol. The van der Waals surface area contributed by atoms with Gasteiger partial charge in [-0.2, -0.15) is 26.3 Å². The molecule has 14 rings (SSSR count). The van der Waals surface area contributed by atoms with Gasteiger partial charge in [0.05, 0.1) is 67.3 Å². The third kappa shape index (κ3) is 16.0. The largest absolute Gasteiger partial charge is 0.419 e. The summed E-state index contributed by atoms with van der Waals surface area (Å²) in [6.45, 7) is 10.7. The molecule has 5 N–H and O–H groups in total. The molecule has 2 saturated heterocycles. The Bertz CT molecular complexity index is 5410. The summed E-state index contributed by atoms with van der Waals surface area (Å²) >= 11 is 0. The van der Waals surface area contributed by atoms with Crippen molar-refractivity contribution in [3.05, 3.63) is 216 Å². The maximum absolute atomic E-state index is 14.6. The van der Waals surface area contributed by atoms with E-state index in [0.717, 1.165) is 58.2 Å². The first kappa shape index (κ1) is 73.6. The van der Waals surface area contributed by atoms with Crippen LogP contribution in [0.2, 0.25) is 0 Å². The van der Waals surface area contributed by atoms with E-state index in [1.807, 2.05) is 48.5 Å².